The molecule has 3 N–H and O–H groups in total. The fraction of sp³-hybridized carbons (Fsp3) is 0. The third-order valence-electron chi connectivity index (χ3n) is 2.28. The Morgan fingerprint density at radius 3 is 2.72 bits per heavy atom. The van der Waals surface area contributed by atoms with Gasteiger partial charge in [-0.15, -0.1) is 0 Å². The van der Waals surface area contributed by atoms with Crippen LogP contribution in [-0.4, -0.2) is 17.3 Å². The number of rotatable bonds is 4. The van der Waals surface area contributed by atoms with E-state index in [0.717, 1.165) is 5.69 Å². The molecule has 5 heteroatoms. The van der Waals surface area contributed by atoms with Gasteiger partial charge in [0.05, 0.1) is 11.3 Å². The molecular formula is C13H12N3O2+. The zero-order valence-corrected chi connectivity index (χ0v) is 9.50. The van der Waals surface area contributed by atoms with Crippen LogP contribution in [0.1, 0.15) is 16.1 Å². The summed E-state index contributed by atoms with van der Waals surface area (Å²) in [6, 6.07) is 12.2. The molecule has 0 fully saturated rings. The minimum Gasteiger partial charge on any atom is -0.478 e. The zero-order chi connectivity index (χ0) is 12.8. The third kappa shape index (κ3) is 2.91. The second-order valence-corrected chi connectivity index (χ2v) is 3.54. The molecule has 2 rings (SSSR count). The van der Waals surface area contributed by atoms with Crippen LogP contribution in [0.15, 0.2) is 53.8 Å². The van der Waals surface area contributed by atoms with Gasteiger partial charge in [-0.25, -0.2) is 9.78 Å². The highest BCUT2D eigenvalue weighted by atomic mass is 16.4. The van der Waals surface area contributed by atoms with E-state index in [9.17, 15) is 4.79 Å². The van der Waals surface area contributed by atoms with E-state index in [0.29, 0.717) is 5.69 Å². The number of hydrogen-bond donors (Lipinski definition) is 2. The predicted molar refractivity (Wildman–Crippen MR) is 67.6 cm³/mol. The van der Waals surface area contributed by atoms with Crippen molar-refractivity contribution < 1.29 is 14.9 Å². The molecule has 5 nitrogen and oxygen atoms in total. The molecule has 1 heterocycles. The van der Waals surface area contributed by atoms with Gasteiger partial charge in [0, 0.05) is 12.1 Å². The second kappa shape index (κ2) is 5.58. The van der Waals surface area contributed by atoms with Crippen LogP contribution in [0.2, 0.25) is 0 Å². The molecule has 2 aromatic rings. The van der Waals surface area contributed by atoms with Crippen LogP contribution < -0.4 is 10.4 Å². The van der Waals surface area contributed by atoms with Gasteiger partial charge < -0.3 is 5.11 Å². The first kappa shape index (κ1) is 11.8. The number of hydrogen-bond acceptors (Lipinski definition) is 3. The highest BCUT2D eigenvalue weighted by Gasteiger charge is 2.07. The van der Waals surface area contributed by atoms with Crippen LogP contribution >= 0.6 is 0 Å². The molecule has 90 valence electrons. The van der Waals surface area contributed by atoms with Gasteiger partial charge >= 0.3 is 5.97 Å². The lowest BCUT2D eigenvalue weighted by atomic mass is 10.2. The van der Waals surface area contributed by atoms with E-state index in [1.807, 2.05) is 18.2 Å². The summed E-state index contributed by atoms with van der Waals surface area (Å²) in [4.78, 5) is 13.9. The Balaban J connectivity index is 2.11. The first-order valence-corrected chi connectivity index (χ1v) is 5.35. The molecule has 0 saturated carbocycles. The number of pyridine rings is 1. The number of aromatic carboxylic acids is 1. The molecule has 0 radical (unpaired) electrons. The van der Waals surface area contributed by atoms with Gasteiger partial charge in [-0.05, 0) is 18.2 Å². The molecule has 0 aliphatic heterocycles. The van der Waals surface area contributed by atoms with Gasteiger partial charge in [0.15, 0.2) is 6.20 Å². The predicted octanol–water partition coefficient (Wildman–Crippen LogP) is 1.64. The maximum absolute atomic E-state index is 11.0. The first-order valence-electron chi connectivity index (χ1n) is 5.35. The van der Waals surface area contributed by atoms with E-state index in [4.69, 9.17) is 5.11 Å². The van der Waals surface area contributed by atoms with E-state index in [1.54, 1.807) is 30.6 Å². The lowest BCUT2D eigenvalue weighted by molar-refractivity contribution is -0.379. The number of carbonyl (C=O) groups is 1. The van der Waals surface area contributed by atoms with E-state index in [1.165, 1.54) is 6.07 Å². The zero-order valence-electron chi connectivity index (χ0n) is 9.50. The van der Waals surface area contributed by atoms with Crippen molar-refractivity contribution in [2.24, 2.45) is 5.10 Å². The minimum absolute atomic E-state index is 0.187. The number of anilines is 1. The summed E-state index contributed by atoms with van der Waals surface area (Å²) in [5.41, 5.74) is 4.17. The van der Waals surface area contributed by atoms with Crippen molar-refractivity contribution in [1.82, 2.24) is 0 Å². The number of H-pyrrole nitrogens is 1. The maximum atomic E-state index is 11.0. The highest BCUT2D eigenvalue weighted by molar-refractivity contribution is 5.94. The number of nitrogens with one attached hydrogen (secondary N) is 2. The molecular weight excluding hydrogens is 230 g/mol. The number of aromatic nitrogens is 1. The molecule has 0 aliphatic rings. The van der Waals surface area contributed by atoms with Crippen molar-refractivity contribution in [1.29, 1.82) is 0 Å². The summed E-state index contributed by atoms with van der Waals surface area (Å²) in [6.07, 6.45) is 3.37. The van der Waals surface area contributed by atoms with Gasteiger partial charge in [-0.2, -0.15) is 5.10 Å². The average Bonchev–Trinajstić information content (AvgIpc) is 2.40. The fourth-order valence-electron chi connectivity index (χ4n) is 1.43. The van der Waals surface area contributed by atoms with Gasteiger partial charge in [-0.3, -0.25) is 5.43 Å². The Bertz CT molecular complexity index is 567. The third-order valence-corrected chi connectivity index (χ3v) is 2.28. The number of benzene rings is 1. The van der Waals surface area contributed by atoms with Crippen molar-refractivity contribution >= 4 is 17.9 Å². The Kier molecular flexibility index (Phi) is 3.66. The van der Waals surface area contributed by atoms with Gasteiger partial charge in [-0.1, -0.05) is 12.1 Å². The van der Waals surface area contributed by atoms with Crippen molar-refractivity contribution in [2.75, 3.05) is 5.43 Å². The topological polar surface area (TPSA) is 75.8 Å². The summed E-state index contributed by atoms with van der Waals surface area (Å²) < 4.78 is 0. The second-order valence-electron chi connectivity index (χ2n) is 3.54. The maximum Gasteiger partial charge on any atom is 0.337 e. The van der Waals surface area contributed by atoms with Crippen molar-refractivity contribution in [3.8, 4) is 0 Å². The molecule has 0 saturated heterocycles. The number of carboxylic acids is 1. The molecule has 0 spiro atoms. The van der Waals surface area contributed by atoms with E-state index >= 15 is 0 Å². The van der Waals surface area contributed by atoms with E-state index in [2.05, 4.69) is 15.5 Å². The number of hydrazone groups is 1. The average molecular weight is 242 g/mol. The fourth-order valence-corrected chi connectivity index (χ4v) is 1.43. The van der Waals surface area contributed by atoms with Gasteiger partial charge in [0.1, 0.15) is 6.21 Å². The van der Waals surface area contributed by atoms with Crippen LogP contribution in [0.4, 0.5) is 5.69 Å². The van der Waals surface area contributed by atoms with Crippen molar-refractivity contribution in [2.45, 2.75) is 0 Å². The molecule has 0 amide bonds. The summed E-state index contributed by atoms with van der Waals surface area (Å²) in [6.45, 7) is 0. The lowest BCUT2D eigenvalue weighted by Crippen LogP contribution is -2.09. The number of aromatic amines is 1. The van der Waals surface area contributed by atoms with Crippen molar-refractivity contribution in [3.63, 3.8) is 0 Å². The highest BCUT2D eigenvalue weighted by Crippen LogP contribution is 2.14. The molecule has 1 aromatic carbocycles. The molecule has 0 bridgehead atoms. The first-order chi connectivity index (χ1) is 8.77. The SMILES string of the molecule is O=C(O)c1ccccc1N/N=C\c1cccc[nH+]1. The molecule has 0 atom stereocenters. The minimum atomic E-state index is -0.987. The summed E-state index contributed by atoms with van der Waals surface area (Å²) in [7, 11) is 0. The van der Waals surface area contributed by atoms with Crippen LogP contribution in [0.5, 0.6) is 0 Å². The van der Waals surface area contributed by atoms with Crippen LogP contribution in [0.25, 0.3) is 0 Å². The number of para-hydroxylation sites is 1. The monoisotopic (exact) mass is 242 g/mol. The summed E-state index contributed by atoms with van der Waals surface area (Å²) in [5.74, 6) is -0.987. The molecule has 0 unspecified atom stereocenters. The lowest BCUT2D eigenvalue weighted by Gasteiger charge is -2.03. The van der Waals surface area contributed by atoms with E-state index in [-0.39, 0.29) is 5.56 Å². The summed E-state index contributed by atoms with van der Waals surface area (Å²) >= 11 is 0. The summed E-state index contributed by atoms with van der Waals surface area (Å²) in [5, 5.41) is 13.0. The Morgan fingerprint density at radius 1 is 1.22 bits per heavy atom. The Morgan fingerprint density at radius 2 is 2.00 bits per heavy atom. The van der Waals surface area contributed by atoms with Crippen molar-refractivity contribution in [3.05, 3.63) is 59.9 Å². The normalized spacial score (nSPS) is 10.4. The number of carboxylic acid groups (broad SMARTS) is 1. The number of nitrogens with zero attached hydrogens (tertiary/aromatic N) is 1. The molecule has 18 heavy (non-hydrogen) atoms. The van der Waals surface area contributed by atoms with Crippen LogP contribution in [0, 0.1) is 0 Å². The smallest absolute Gasteiger partial charge is 0.337 e. The van der Waals surface area contributed by atoms with Crippen LogP contribution in [0.3, 0.4) is 0 Å². The van der Waals surface area contributed by atoms with Gasteiger partial charge in [0.2, 0.25) is 5.69 Å². The van der Waals surface area contributed by atoms with Gasteiger partial charge in [0.25, 0.3) is 0 Å². The standard InChI is InChI=1S/C13H11N3O2/c17-13(18)11-6-1-2-7-12(11)16-15-9-10-5-3-4-8-14-10/h1-9,16H,(H,17,18)/p+1/b15-9-. The largest absolute Gasteiger partial charge is 0.478 e. The molecule has 0 aliphatic carbocycles. The Hall–Kier alpha value is -2.69. The molecule has 1 aromatic heterocycles. The quantitative estimate of drug-likeness (QED) is 0.632. The van der Waals surface area contributed by atoms with Crippen LogP contribution in [-0.2, 0) is 0 Å². The van der Waals surface area contributed by atoms with E-state index < -0.39 is 5.97 Å². The Labute approximate surface area is 104 Å².